The monoisotopic (exact) mass is 591 g/mol. The Hall–Kier alpha value is -4.06. The van der Waals surface area contributed by atoms with Gasteiger partial charge in [0.15, 0.2) is 5.37 Å². The normalized spacial score (nSPS) is 14.9. The summed E-state index contributed by atoms with van der Waals surface area (Å²) in [7, 11) is 1.59. The van der Waals surface area contributed by atoms with Crippen molar-refractivity contribution in [3.8, 4) is 16.9 Å². The molecule has 11 heteroatoms. The van der Waals surface area contributed by atoms with Crippen molar-refractivity contribution in [3.05, 3.63) is 83.4 Å². The van der Waals surface area contributed by atoms with Crippen LogP contribution in [0.25, 0.3) is 11.1 Å². The highest BCUT2D eigenvalue weighted by Gasteiger charge is 2.34. The zero-order chi connectivity index (χ0) is 30.3. The second-order valence-electron chi connectivity index (χ2n) is 10.5. The summed E-state index contributed by atoms with van der Waals surface area (Å²) in [5.74, 6) is 0.0407. The van der Waals surface area contributed by atoms with Crippen LogP contribution in [0.1, 0.15) is 30.5 Å². The summed E-state index contributed by atoms with van der Waals surface area (Å²) >= 11 is 1.28. The van der Waals surface area contributed by atoms with Gasteiger partial charge in [-0.3, -0.25) is 9.59 Å². The van der Waals surface area contributed by atoms with E-state index in [2.05, 4.69) is 16.0 Å². The van der Waals surface area contributed by atoms with Crippen LogP contribution in [0.2, 0.25) is 0 Å². The summed E-state index contributed by atoms with van der Waals surface area (Å²) in [5.41, 5.74) is 9.64. The lowest BCUT2D eigenvalue weighted by atomic mass is 9.98. The predicted octanol–water partition coefficient (Wildman–Crippen LogP) is 2.97. The van der Waals surface area contributed by atoms with Crippen LogP contribution >= 0.6 is 11.8 Å². The van der Waals surface area contributed by atoms with Crippen LogP contribution in [0, 0.1) is 0 Å². The van der Waals surface area contributed by atoms with Gasteiger partial charge in [-0.15, -0.1) is 0 Å². The number of nitrogens with zero attached hydrogens (tertiary/aromatic N) is 1. The second kappa shape index (κ2) is 13.7. The van der Waals surface area contributed by atoms with E-state index >= 15 is 0 Å². The molecule has 222 valence electrons. The summed E-state index contributed by atoms with van der Waals surface area (Å²) in [4.78, 5) is 41.0. The Balaban J connectivity index is 1.54. The molecule has 0 aliphatic carbocycles. The van der Waals surface area contributed by atoms with Crippen molar-refractivity contribution >= 4 is 29.6 Å². The zero-order valence-corrected chi connectivity index (χ0v) is 24.8. The van der Waals surface area contributed by atoms with Crippen LogP contribution in [0.4, 0.5) is 4.79 Å². The Morgan fingerprint density at radius 3 is 2.52 bits per heavy atom. The van der Waals surface area contributed by atoms with Crippen molar-refractivity contribution in [1.29, 1.82) is 0 Å². The fourth-order valence-electron chi connectivity index (χ4n) is 4.43. The number of urea groups is 1. The molecule has 0 radical (unpaired) electrons. The van der Waals surface area contributed by atoms with Crippen LogP contribution < -0.4 is 26.4 Å². The molecule has 42 heavy (non-hydrogen) atoms. The number of methoxy groups -OCH3 is 1. The predicted molar refractivity (Wildman–Crippen MR) is 163 cm³/mol. The first-order valence-corrected chi connectivity index (χ1v) is 14.5. The molecule has 3 aromatic rings. The van der Waals surface area contributed by atoms with Gasteiger partial charge in [0.25, 0.3) is 5.91 Å². The fourth-order valence-corrected chi connectivity index (χ4v) is 5.57. The molecule has 0 aromatic heterocycles. The molecule has 1 heterocycles. The Morgan fingerprint density at radius 1 is 1.10 bits per heavy atom. The van der Waals surface area contributed by atoms with Gasteiger partial charge in [-0.05, 0) is 53.8 Å². The number of thioether (sulfide) groups is 1. The minimum atomic E-state index is -1.14. The third kappa shape index (κ3) is 7.81. The maximum absolute atomic E-state index is 13.7. The summed E-state index contributed by atoms with van der Waals surface area (Å²) in [6.45, 7) is 4.31. The molecule has 4 rings (SSSR count). The van der Waals surface area contributed by atoms with E-state index in [9.17, 15) is 14.4 Å². The third-order valence-electron chi connectivity index (χ3n) is 6.76. The highest BCUT2D eigenvalue weighted by molar-refractivity contribution is 8.00. The van der Waals surface area contributed by atoms with E-state index in [-0.39, 0.29) is 25.1 Å². The zero-order valence-electron chi connectivity index (χ0n) is 24.0. The van der Waals surface area contributed by atoms with Gasteiger partial charge in [0.1, 0.15) is 5.75 Å². The van der Waals surface area contributed by atoms with E-state index in [4.69, 9.17) is 15.6 Å². The summed E-state index contributed by atoms with van der Waals surface area (Å²) in [6.07, 6.45) is 0. The number of aliphatic hydroxyl groups is 1. The van der Waals surface area contributed by atoms with Gasteiger partial charge in [-0.25, -0.2) is 4.79 Å². The van der Waals surface area contributed by atoms with Crippen LogP contribution in [0.15, 0.2) is 71.6 Å². The number of ether oxygens (including phenoxy) is 1. The van der Waals surface area contributed by atoms with Crippen LogP contribution in [-0.4, -0.2) is 59.0 Å². The molecule has 0 fully saturated rings. The number of rotatable bonds is 10. The number of benzene rings is 3. The number of amides is 4. The molecular formula is C31H37N5O5S. The molecule has 10 nitrogen and oxygen atoms in total. The number of aliphatic hydroxyl groups excluding tert-OH is 1. The number of fused-ring (bicyclic) bond motifs is 1. The maximum atomic E-state index is 13.7. The Bertz CT molecular complexity index is 1420. The topological polar surface area (TPSA) is 146 Å². The highest BCUT2D eigenvalue weighted by atomic mass is 32.2. The second-order valence-corrected chi connectivity index (χ2v) is 11.7. The number of hydrogen-bond acceptors (Lipinski definition) is 7. The smallest absolute Gasteiger partial charge is 0.315 e. The molecule has 0 saturated carbocycles. The standard InChI is InChI=1S/C31H37N5O5S/c1-31(2,32)29(39)35-27-28(38)36(19-23-12-13-24(41-3)16-26(23)42-27)18-20-8-10-21(11-9-20)25-7-5-4-6-22(25)17-34-30(40)33-14-15-37/h4-13,16,27,37H,14-15,17-19,32H2,1-3H3,(H,35,39)(H2,33,34,40)/t27-/m1/s1. The summed E-state index contributed by atoms with van der Waals surface area (Å²) in [5, 5.41) is 16.3. The van der Waals surface area contributed by atoms with E-state index in [1.807, 2.05) is 66.7 Å². The van der Waals surface area contributed by atoms with Gasteiger partial charge >= 0.3 is 6.03 Å². The average Bonchev–Trinajstić information content (AvgIpc) is 3.10. The minimum absolute atomic E-state index is 0.124. The molecule has 3 aromatic carbocycles. The number of carbonyl (C=O) groups is 3. The molecule has 0 spiro atoms. The minimum Gasteiger partial charge on any atom is -0.497 e. The summed E-state index contributed by atoms with van der Waals surface area (Å²) in [6, 6.07) is 21.1. The van der Waals surface area contributed by atoms with Crippen LogP contribution in [0.3, 0.4) is 0 Å². The van der Waals surface area contributed by atoms with Crippen LogP contribution in [0.5, 0.6) is 5.75 Å². The quantitative estimate of drug-likeness (QED) is 0.244. The van der Waals surface area contributed by atoms with Crippen molar-refractivity contribution < 1.29 is 24.2 Å². The Kier molecular flexibility index (Phi) is 10.1. The lowest BCUT2D eigenvalue weighted by Crippen LogP contribution is -2.54. The van der Waals surface area contributed by atoms with Crippen molar-refractivity contribution in [1.82, 2.24) is 20.9 Å². The van der Waals surface area contributed by atoms with Gasteiger partial charge < -0.3 is 36.4 Å². The molecule has 1 atom stereocenters. The SMILES string of the molecule is COc1ccc2c(c1)S[C@@H](NC(=O)C(C)(C)N)C(=O)N(Cc1ccc(-c3ccccc3CNC(=O)NCCO)cc1)C2. The van der Waals surface area contributed by atoms with E-state index < -0.39 is 16.8 Å². The van der Waals surface area contributed by atoms with E-state index in [0.717, 1.165) is 32.7 Å². The van der Waals surface area contributed by atoms with Crippen molar-refractivity contribution in [2.45, 2.75) is 49.3 Å². The molecule has 1 aliphatic heterocycles. The molecule has 6 N–H and O–H groups in total. The van der Waals surface area contributed by atoms with Crippen molar-refractivity contribution in [2.75, 3.05) is 20.3 Å². The summed E-state index contributed by atoms with van der Waals surface area (Å²) < 4.78 is 5.39. The molecule has 0 saturated heterocycles. The number of hydrogen-bond donors (Lipinski definition) is 5. The average molecular weight is 592 g/mol. The number of nitrogens with two attached hydrogens (primary N) is 1. The van der Waals surface area contributed by atoms with Gasteiger partial charge in [-0.2, -0.15) is 0 Å². The Morgan fingerprint density at radius 2 is 1.83 bits per heavy atom. The van der Waals surface area contributed by atoms with Gasteiger partial charge in [0.2, 0.25) is 5.91 Å². The fraction of sp³-hybridized carbons (Fsp3) is 0.323. The largest absolute Gasteiger partial charge is 0.497 e. The van der Waals surface area contributed by atoms with Gasteiger partial charge in [0, 0.05) is 31.1 Å². The van der Waals surface area contributed by atoms with Gasteiger partial charge in [-0.1, -0.05) is 66.4 Å². The van der Waals surface area contributed by atoms with E-state index in [1.165, 1.54) is 11.8 Å². The van der Waals surface area contributed by atoms with Crippen molar-refractivity contribution in [3.63, 3.8) is 0 Å². The maximum Gasteiger partial charge on any atom is 0.315 e. The number of nitrogens with one attached hydrogen (secondary N) is 3. The first-order chi connectivity index (χ1) is 20.1. The third-order valence-corrected chi connectivity index (χ3v) is 7.95. The lowest BCUT2D eigenvalue weighted by molar-refractivity contribution is -0.135. The molecular weight excluding hydrogens is 554 g/mol. The Labute approximate surface area is 250 Å². The lowest BCUT2D eigenvalue weighted by Gasteiger charge is -2.27. The number of carbonyl (C=O) groups excluding carboxylic acids is 3. The first kappa shape index (κ1) is 30.9. The highest BCUT2D eigenvalue weighted by Crippen LogP contribution is 2.35. The molecule has 1 aliphatic rings. The van der Waals surface area contributed by atoms with E-state index in [1.54, 1.807) is 25.9 Å². The van der Waals surface area contributed by atoms with Crippen LogP contribution in [-0.2, 0) is 29.2 Å². The first-order valence-electron chi connectivity index (χ1n) is 13.6. The molecule has 0 unspecified atom stereocenters. The van der Waals surface area contributed by atoms with Gasteiger partial charge in [0.05, 0.1) is 19.3 Å². The molecule has 0 bridgehead atoms. The van der Waals surface area contributed by atoms with E-state index in [0.29, 0.717) is 25.4 Å². The van der Waals surface area contributed by atoms with Crippen molar-refractivity contribution in [2.24, 2.45) is 5.73 Å². The molecule has 4 amide bonds.